The third-order valence-electron chi connectivity index (χ3n) is 14.0. The molecule has 6 amide bonds. The number of nitrogens with one attached hydrogen (secondary N) is 6. The van der Waals surface area contributed by atoms with E-state index in [-0.39, 0.29) is 101 Å². The maximum Gasteiger partial charge on any atom is 0.508 e. The van der Waals surface area contributed by atoms with Crippen molar-refractivity contribution in [2.24, 2.45) is 10.9 Å². The second kappa shape index (κ2) is 41.6. The predicted molar refractivity (Wildman–Crippen MR) is 338 cm³/mol. The van der Waals surface area contributed by atoms with E-state index < -0.39 is 139 Å². The highest BCUT2D eigenvalue weighted by Gasteiger charge is 2.50. The number of amides is 6. The Bertz CT molecular complexity index is 2800. The first-order valence-electron chi connectivity index (χ1n) is 31.7. The van der Waals surface area contributed by atoms with Crippen LogP contribution in [0.1, 0.15) is 94.4 Å². The Morgan fingerprint density at radius 1 is 0.660 bits per heavy atom. The number of unbranched alkanes of at least 4 members (excludes halogenated alkanes) is 2. The highest BCUT2D eigenvalue weighted by molar-refractivity contribution is 5.94. The number of alkyl carbamates (subject to hydrolysis) is 2. The number of nitrogens with zero attached hydrogens (tertiary/aromatic N) is 2. The molecule has 0 unspecified atom stereocenters. The van der Waals surface area contributed by atoms with Gasteiger partial charge in [-0.2, -0.15) is 0 Å². The lowest BCUT2D eigenvalue weighted by atomic mass is 9.87. The number of amidine groups is 1. The van der Waals surface area contributed by atoms with Crippen molar-refractivity contribution in [3.63, 3.8) is 0 Å². The van der Waals surface area contributed by atoms with E-state index in [9.17, 15) is 47.9 Å². The molecule has 4 aliphatic heterocycles. The first-order valence-corrected chi connectivity index (χ1v) is 31.7. The summed E-state index contributed by atoms with van der Waals surface area (Å²) in [7, 11) is 2.26. The summed E-state index contributed by atoms with van der Waals surface area (Å²) in [4.78, 5) is 135. The van der Waals surface area contributed by atoms with Crippen LogP contribution >= 0.6 is 0 Å². The molecular formula is C63H96N8O26. The van der Waals surface area contributed by atoms with Gasteiger partial charge in [-0.3, -0.25) is 34.8 Å². The molecule has 4 rings (SSSR count). The van der Waals surface area contributed by atoms with Crippen LogP contribution in [-0.2, 0) is 105 Å². The van der Waals surface area contributed by atoms with Crippen molar-refractivity contribution in [3.8, 4) is 12.3 Å². The third kappa shape index (κ3) is 30.6. The Kier molecular flexibility index (Phi) is 34.7. The highest BCUT2D eigenvalue weighted by Crippen LogP contribution is 2.33. The molecule has 10 atom stereocenters. The van der Waals surface area contributed by atoms with Crippen LogP contribution in [0.5, 0.6) is 0 Å². The number of aliphatic imine (C=N–C) groups is 1. The SMILES string of the molecule is C#CCOCCOCCOCCOCCC(=O)N(CCCCNC(=O)CO[C@@H]([C@@H]1OC(C(=O)OC)=C[C@H](N=C(C)NC(=O)OC(C)(C)C)[C@H]1C)[C@H]1COC(=O)O1)CCCCNC(=O)CO[C@@H]([C@@H]1OC(C(=O)OC)=C[C@H](NC(=C)NC(=O)OC(C)(C)C)[C@H]1NC(C)=O)[C@H]1COC(=O)O1. The number of rotatable bonds is 40. The van der Waals surface area contributed by atoms with Crippen LogP contribution in [0.2, 0.25) is 0 Å². The Hall–Kier alpha value is -8.49. The molecule has 0 bridgehead atoms. The molecular weight excluding hydrogens is 1280 g/mol. The second-order valence-electron chi connectivity index (χ2n) is 24.2. The standard InChI is InChI=1S/C63H96N8O26/c1-14-24-84-26-28-86-30-31-87-29-27-85-25-19-50(75)71(22-17-15-20-64-48(73)36-88-53(46-34-90-60(80)94-46)52-38(2)42(32-44(92-52)56(76)82-12)66-39(3)68-58(78)96-62(6,7)8)23-18-16-21-65-49(74)37-89-54(47-35-91-61(81)95-47)55-51(70-41(5)72)43(33-45(93-55)57(77)83-13)67-40(4)69-59(79)97-63(9,10)11/h1,32-33,38,42-43,46-47,51-55,67H,4,15-31,34-37H2,2-3,5-13H3,(H,64,73)(H,65,74)(H,69,79)(H,70,72)(H,66,68,78)/t38-,42+,43+,46-,47-,51-,52-,53-,54-,55-/m1/s1. The van der Waals surface area contributed by atoms with Gasteiger partial charge in [0.1, 0.15) is 74.2 Å². The Balaban J connectivity index is 1.38. The number of cyclic esters (lactones) is 4. The van der Waals surface area contributed by atoms with Crippen molar-refractivity contribution in [3.05, 3.63) is 36.1 Å². The van der Waals surface area contributed by atoms with Gasteiger partial charge < -0.3 is 102 Å². The summed E-state index contributed by atoms with van der Waals surface area (Å²) < 4.78 is 87.7. The molecule has 34 heteroatoms. The molecule has 0 spiro atoms. The maximum atomic E-state index is 13.7. The van der Waals surface area contributed by atoms with E-state index in [0.717, 1.165) is 14.2 Å². The van der Waals surface area contributed by atoms with Crippen LogP contribution in [-0.4, -0.2) is 256 Å². The number of hydrogen-bond acceptors (Lipinski definition) is 28. The summed E-state index contributed by atoms with van der Waals surface area (Å²) in [6.07, 6.45) is -1.46. The molecule has 0 aromatic carbocycles. The van der Waals surface area contributed by atoms with Crippen molar-refractivity contribution in [2.45, 2.75) is 160 Å². The van der Waals surface area contributed by atoms with Crippen LogP contribution in [0.15, 0.2) is 41.1 Å². The fraction of sp³-hybridized carbons (Fsp3) is 0.698. The quantitative estimate of drug-likeness (QED) is 0.0127. The summed E-state index contributed by atoms with van der Waals surface area (Å²) in [6, 6.07) is -3.06. The normalized spacial score (nSPS) is 21.2. The third-order valence-corrected chi connectivity index (χ3v) is 14.0. The van der Waals surface area contributed by atoms with Crippen molar-refractivity contribution < 1.29 is 124 Å². The first-order chi connectivity index (χ1) is 46.0. The summed E-state index contributed by atoms with van der Waals surface area (Å²) >= 11 is 0. The molecule has 34 nitrogen and oxygen atoms in total. The van der Waals surface area contributed by atoms with Gasteiger partial charge in [0.15, 0.2) is 18.3 Å². The molecule has 0 aromatic heterocycles. The van der Waals surface area contributed by atoms with Gasteiger partial charge in [-0.25, -0.2) is 28.8 Å². The van der Waals surface area contributed by atoms with Gasteiger partial charge in [0.2, 0.25) is 35.1 Å². The minimum atomic E-state index is -1.39. The van der Waals surface area contributed by atoms with Crippen molar-refractivity contribution in [2.75, 3.05) is 120 Å². The molecule has 6 N–H and O–H groups in total. The zero-order chi connectivity index (χ0) is 71.7. The number of ether oxygens (including phenoxy) is 16. The van der Waals surface area contributed by atoms with Crippen molar-refractivity contribution >= 4 is 65.9 Å². The number of terminal acetylenes is 1. The molecule has 0 aliphatic carbocycles. The number of esters is 2. The Morgan fingerprint density at radius 2 is 1.13 bits per heavy atom. The highest BCUT2D eigenvalue weighted by atomic mass is 16.8. The van der Waals surface area contributed by atoms with Gasteiger partial charge in [-0.05, 0) is 86.3 Å². The number of methoxy groups -OCH3 is 2. The number of carbonyl (C=O) groups is 10. The number of carbonyl (C=O) groups excluding carboxylic acids is 10. The van der Waals surface area contributed by atoms with Gasteiger partial charge in [-0.1, -0.05) is 19.4 Å². The van der Waals surface area contributed by atoms with Crippen LogP contribution in [0.4, 0.5) is 19.2 Å². The minimum absolute atomic E-state index is 0.0306. The topological polar surface area (TPSA) is 406 Å². The summed E-state index contributed by atoms with van der Waals surface area (Å²) in [6.45, 7) is 19.5. The van der Waals surface area contributed by atoms with E-state index in [1.54, 1.807) is 53.4 Å². The molecule has 544 valence electrons. The van der Waals surface area contributed by atoms with Crippen LogP contribution in [0.25, 0.3) is 0 Å². The molecule has 4 aliphatic rings. The molecule has 0 radical (unpaired) electrons. The zero-order valence-corrected chi connectivity index (χ0v) is 57.1. The van der Waals surface area contributed by atoms with Crippen LogP contribution in [0.3, 0.4) is 0 Å². The van der Waals surface area contributed by atoms with Crippen LogP contribution < -0.4 is 31.9 Å². The predicted octanol–water partition coefficient (Wildman–Crippen LogP) is 1.86. The zero-order valence-electron chi connectivity index (χ0n) is 57.1. The van der Waals surface area contributed by atoms with Crippen LogP contribution in [0, 0.1) is 18.3 Å². The summed E-state index contributed by atoms with van der Waals surface area (Å²) in [5.41, 5.74) is -1.66. The minimum Gasteiger partial charge on any atom is -0.480 e. The monoisotopic (exact) mass is 1380 g/mol. The average Bonchev–Trinajstić information content (AvgIpc) is 1.79. The van der Waals surface area contributed by atoms with E-state index >= 15 is 0 Å². The largest absolute Gasteiger partial charge is 0.508 e. The lowest BCUT2D eigenvalue weighted by Gasteiger charge is -2.41. The fourth-order valence-electron chi connectivity index (χ4n) is 9.72. The summed E-state index contributed by atoms with van der Waals surface area (Å²) in [5.74, 6) is -2.56. The fourth-order valence-corrected chi connectivity index (χ4v) is 9.72. The van der Waals surface area contributed by atoms with Crippen molar-refractivity contribution in [1.82, 2.24) is 36.8 Å². The molecule has 2 saturated heterocycles. The average molecular weight is 1380 g/mol. The van der Waals surface area contributed by atoms with Gasteiger partial charge in [-0.15, -0.1) is 6.42 Å². The van der Waals surface area contributed by atoms with Gasteiger partial charge in [0.05, 0.1) is 85.0 Å². The van der Waals surface area contributed by atoms with E-state index in [1.807, 2.05) is 0 Å². The Morgan fingerprint density at radius 3 is 1.61 bits per heavy atom. The second-order valence-corrected chi connectivity index (χ2v) is 24.2. The van der Waals surface area contributed by atoms with Gasteiger partial charge >= 0.3 is 36.4 Å². The van der Waals surface area contributed by atoms with E-state index in [0.29, 0.717) is 52.1 Å². The lowest BCUT2D eigenvalue weighted by molar-refractivity contribution is -0.156. The van der Waals surface area contributed by atoms with E-state index in [4.69, 9.17) is 82.2 Å². The molecule has 0 aromatic rings. The van der Waals surface area contributed by atoms with E-state index in [1.165, 1.54) is 26.0 Å². The molecule has 4 heterocycles. The maximum absolute atomic E-state index is 13.7. The van der Waals surface area contributed by atoms with Gasteiger partial charge in [0.25, 0.3) is 0 Å². The molecule has 97 heavy (non-hydrogen) atoms. The molecule has 2 fully saturated rings. The molecule has 0 saturated carbocycles. The van der Waals surface area contributed by atoms with E-state index in [2.05, 4.69) is 49.4 Å². The lowest BCUT2D eigenvalue weighted by Crippen LogP contribution is -2.64. The van der Waals surface area contributed by atoms with Gasteiger partial charge in [0, 0.05) is 39.0 Å². The summed E-state index contributed by atoms with van der Waals surface area (Å²) in [5, 5.41) is 16.3. The Labute approximate surface area is 564 Å². The van der Waals surface area contributed by atoms with Crippen molar-refractivity contribution in [1.29, 1.82) is 0 Å². The smallest absolute Gasteiger partial charge is 0.480 e. The first kappa shape index (κ1) is 80.9. The number of hydrogen-bond donors (Lipinski definition) is 6.